The summed E-state index contributed by atoms with van der Waals surface area (Å²) in [6, 6.07) is 7.12. The standard InChI is InChI=1S/C27H40N4O6/c1-17(2)13-19(14-24(32)28-16-25(33)37-5)29-27(34)20-15-21(31(30-20)12-11-18-9-10-18)26-22(35-3)7-6-8-23(26)36-4/h6-8,15,17-19,27,29,34H,9-14,16H2,1-5H3,(H,28,32)/t19-,27?/m0/s1. The van der Waals surface area contributed by atoms with Gasteiger partial charge in [-0.1, -0.05) is 32.8 Å². The minimum absolute atomic E-state index is 0.0990. The molecule has 1 fully saturated rings. The number of hydrogen-bond donors (Lipinski definition) is 3. The van der Waals surface area contributed by atoms with Gasteiger partial charge in [-0.25, -0.2) is 0 Å². The third-order valence-electron chi connectivity index (χ3n) is 6.45. The fourth-order valence-corrected chi connectivity index (χ4v) is 4.38. The quantitative estimate of drug-likeness (QED) is 0.244. The molecule has 1 unspecified atom stereocenters. The number of nitrogens with one attached hydrogen (secondary N) is 2. The van der Waals surface area contributed by atoms with E-state index in [1.54, 1.807) is 14.2 Å². The first-order valence-electron chi connectivity index (χ1n) is 12.8. The third-order valence-corrected chi connectivity index (χ3v) is 6.45. The van der Waals surface area contributed by atoms with E-state index >= 15 is 0 Å². The molecule has 1 heterocycles. The van der Waals surface area contributed by atoms with Crippen molar-refractivity contribution in [3.8, 4) is 22.8 Å². The van der Waals surface area contributed by atoms with Gasteiger partial charge in [0.25, 0.3) is 0 Å². The van der Waals surface area contributed by atoms with Crippen molar-refractivity contribution in [3.05, 3.63) is 30.0 Å². The second-order valence-electron chi connectivity index (χ2n) is 9.90. The lowest BCUT2D eigenvalue weighted by Crippen LogP contribution is -2.40. The summed E-state index contributed by atoms with van der Waals surface area (Å²) in [5, 5.41) is 21.6. The first-order chi connectivity index (χ1) is 17.7. The normalized spacial score (nSPS) is 14.8. The molecule has 1 aliphatic carbocycles. The Hall–Kier alpha value is -3.11. The number of aliphatic hydroxyl groups excluding tert-OH is 1. The van der Waals surface area contributed by atoms with Gasteiger partial charge in [0, 0.05) is 19.0 Å². The predicted molar refractivity (Wildman–Crippen MR) is 139 cm³/mol. The fraction of sp³-hybridized carbons (Fsp3) is 0.593. The molecule has 10 heteroatoms. The summed E-state index contributed by atoms with van der Waals surface area (Å²) >= 11 is 0. The van der Waals surface area contributed by atoms with Gasteiger partial charge in [0.1, 0.15) is 30.0 Å². The molecule has 3 N–H and O–H groups in total. The highest BCUT2D eigenvalue weighted by Crippen LogP contribution is 2.40. The van der Waals surface area contributed by atoms with Crippen LogP contribution >= 0.6 is 0 Å². The molecule has 0 spiro atoms. The van der Waals surface area contributed by atoms with Gasteiger partial charge in [-0.05, 0) is 42.9 Å². The minimum Gasteiger partial charge on any atom is -0.496 e. The topological polar surface area (TPSA) is 124 Å². The van der Waals surface area contributed by atoms with E-state index < -0.39 is 12.2 Å². The van der Waals surface area contributed by atoms with Gasteiger partial charge < -0.3 is 24.6 Å². The fourth-order valence-electron chi connectivity index (χ4n) is 4.38. The highest BCUT2D eigenvalue weighted by atomic mass is 16.5. The predicted octanol–water partition coefficient (Wildman–Crippen LogP) is 3.04. The smallest absolute Gasteiger partial charge is 0.325 e. The molecule has 2 aromatic rings. The van der Waals surface area contributed by atoms with E-state index in [1.807, 2.05) is 42.8 Å². The van der Waals surface area contributed by atoms with Gasteiger partial charge in [0.05, 0.1) is 32.6 Å². The Morgan fingerprint density at radius 1 is 1.16 bits per heavy atom. The summed E-state index contributed by atoms with van der Waals surface area (Å²) in [4.78, 5) is 23.8. The number of ether oxygens (including phenoxy) is 3. The monoisotopic (exact) mass is 516 g/mol. The van der Waals surface area contributed by atoms with Crippen LogP contribution in [0.25, 0.3) is 11.3 Å². The summed E-state index contributed by atoms with van der Waals surface area (Å²) in [6.45, 7) is 4.61. The molecule has 1 saturated carbocycles. The van der Waals surface area contributed by atoms with Crippen LogP contribution in [0.15, 0.2) is 24.3 Å². The molecule has 2 atom stereocenters. The number of hydrogen-bond acceptors (Lipinski definition) is 8. The van der Waals surface area contributed by atoms with Crippen molar-refractivity contribution in [3.63, 3.8) is 0 Å². The average molecular weight is 517 g/mol. The molecule has 0 bridgehead atoms. The number of aromatic nitrogens is 2. The number of aliphatic hydroxyl groups is 1. The highest BCUT2D eigenvalue weighted by molar-refractivity contribution is 5.82. The maximum absolute atomic E-state index is 12.4. The maximum Gasteiger partial charge on any atom is 0.325 e. The van der Waals surface area contributed by atoms with Crippen LogP contribution in [0.2, 0.25) is 0 Å². The van der Waals surface area contributed by atoms with Crippen molar-refractivity contribution < 1.29 is 28.9 Å². The van der Waals surface area contributed by atoms with Crippen LogP contribution in [0.5, 0.6) is 11.5 Å². The van der Waals surface area contributed by atoms with Crippen LogP contribution in [0.3, 0.4) is 0 Å². The molecular weight excluding hydrogens is 476 g/mol. The molecule has 0 radical (unpaired) electrons. The molecule has 3 rings (SSSR count). The average Bonchev–Trinajstić information content (AvgIpc) is 3.61. The lowest BCUT2D eigenvalue weighted by atomic mass is 10.0. The molecule has 1 aromatic carbocycles. The molecule has 37 heavy (non-hydrogen) atoms. The van der Waals surface area contributed by atoms with E-state index in [9.17, 15) is 14.7 Å². The molecule has 1 amide bonds. The van der Waals surface area contributed by atoms with Gasteiger partial charge in [0.2, 0.25) is 5.91 Å². The Labute approximate surface area is 218 Å². The number of methoxy groups -OCH3 is 3. The van der Waals surface area contributed by atoms with E-state index in [4.69, 9.17) is 14.6 Å². The molecule has 1 aliphatic rings. The Morgan fingerprint density at radius 2 is 1.84 bits per heavy atom. The largest absolute Gasteiger partial charge is 0.496 e. The highest BCUT2D eigenvalue weighted by Gasteiger charge is 2.26. The van der Waals surface area contributed by atoms with E-state index in [2.05, 4.69) is 15.4 Å². The molecule has 10 nitrogen and oxygen atoms in total. The molecule has 0 aliphatic heterocycles. The number of amides is 1. The van der Waals surface area contributed by atoms with Gasteiger partial charge >= 0.3 is 5.97 Å². The number of aryl methyl sites for hydroxylation is 1. The van der Waals surface area contributed by atoms with Crippen LogP contribution in [-0.2, 0) is 20.9 Å². The van der Waals surface area contributed by atoms with Gasteiger partial charge in [0.15, 0.2) is 0 Å². The van der Waals surface area contributed by atoms with Crippen molar-refractivity contribution in [2.75, 3.05) is 27.9 Å². The number of rotatable bonds is 15. The van der Waals surface area contributed by atoms with Crippen molar-refractivity contribution >= 4 is 11.9 Å². The van der Waals surface area contributed by atoms with E-state index in [-0.39, 0.29) is 30.8 Å². The third kappa shape index (κ3) is 8.19. The lowest BCUT2D eigenvalue weighted by molar-refractivity contribution is -0.141. The van der Waals surface area contributed by atoms with E-state index in [0.29, 0.717) is 36.1 Å². The summed E-state index contributed by atoms with van der Waals surface area (Å²) < 4.78 is 17.7. The Morgan fingerprint density at radius 3 is 2.41 bits per heavy atom. The van der Waals surface area contributed by atoms with Crippen molar-refractivity contribution in [1.29, 1.82) is 0 Å². The SMILES string of the molecule is COC(=O)CNC(=O)C[C@H](CC(C)C)NC(O)c1cc(-c2c(OC)cccc2OC)n(CCC2CC2)n1. The van der Waals surface area contributed by atoms with Crippen molar-refractivity contribution in [2.24, 2.45) is 11.8 Å². The summed E-state index contributed by atoms with van der Waals surface area (Å²) in [7, 11) is 4.50. The van der Waals surface area contributed by atoms with Gasteiger partial charge in [-0.2, -0.15) is 5.10 Å². The van der Waals surface area contributed by atoms with E-state index in [1.165, 1.54) is 20.0 Å². The number of carbonyl (C=O) groups excluding carboxylic acids is 2. The van der Waals surface area contributed by atoms with Gasteiger partial charge in [-0.3, -0.25) is 19.6 Å². The molecule has 204 valence electrons. The Balaban J connectivity index is 1.84. The van der Waals surface area contributed by atoms with Crippen LogP contribution in [0, 0.1) is 11.8 Å². The zero-order valence-electron chi connectivity index (χ0n) is 22.5. The van der Waals surface area contributed by atoms with Crippen LogP contribution < -0.4 is 20.1 Å². The number of benzene rings is 1. The van der Waals surface area contributed by atoms with Crippen LogP contribution in [0.4, 0.5) is 0 Å². The van der Waals surface area contributed by atoms with Crippen molar-refractivity contribution in [1.82, 2.24) is 20.4 Å². The number of esters is 1. The number of carbonyl (C=O) groups is 2. The number of nitrogens with zero attached hydrogens (tertiary/aromatic N) is 2. The van der Waals surface area contributed by atoms with Crippen molar-refractivity contribution in [2.45, 2.75) is 64.8 Å². The summed E-state index contributed by atoms with van der Waals surface area (Å²) in [5.41, 5.74) is 2.01. The van der Waals surface area contributed by atoms with E-state index in [0.717, 1.165) is 17.7 Å². The molecule has 0 saturated heterocycles. The van der Waals surface area contributed by atoms with Crippen LogP contribution in [-0.4, -0.2) is 60.7 Å². The van der Waals surface area contributed by atoms with Gasteiger partial charge in [-0.15, -0.1) is 0 Å². The zero-order chi connectivity index (χ0) is 26.9. The van der Waals surface area contributed by atoms with Crippen LogP contribution in [0.1, 0.15) is 57.9 Å². The Kier molecular flexibility index (Phi) is 10.3. The second kappa shape index (κ2) is 13.4. The second-order valence-corrected chi connectivity index (χ2v) is 9.90. The summed E-state index contributed by atoms with van der Waals surface area (Å²) in [5.74, 6) is 1.48. The first kappa shape index (κ1) is 28.5. The maximum atomic E-state index is 12.4. The molecule has 1 aromatic heterocycles. The lowest BCUT2D eigenvalue weighted by Gasteiger charge is -2.23. The Bertz CT molecular complexity index is 1030. The zero-order valence-corrected chi connectivity index (χ0v) is 22.5. The minimum atomic E-state index is -1.10. The first-order valence-corrected chi connectivity index (χ1v) is 12.8. The summed E-state index contributed by atoms with van der Waals surface area (Å²) in [6.07, 6.45) is 3.13. The molecular formula is C27H40N4O6.